The molecule has 1 aliphatic rings. The number of carbonyl (C=O) groups excluding carboxylic acids is 1. The highest BCUT2D eigenvalue weighted by Crippen LogP contribution is 2.28. The lowest BCUT2D eigenvalue weighted by Gasteiger charge is -2.31. The minimum Gasteiger partial charge on any atom is -0.394 e. The second-order valence-electron chi connectivity index (χ2n) is 7.60. The van der Waals surface area contributed by atoms with Gasteiger partial charge < -0.3 is 20.6 Å². The van der Waals surface area contributed by atoms with Crippen LogP contribution in [0, 0.1) is 0 Å². The highest BCUT2D eigenvalue weighted by Gasteiger charge is 2.28. The van der Waals surface area contributed by atoms with E-state index in [0.29, 0.717) is 29.0 Å². The molecule has 3 aromatic rings. The van der Waals surface area contributed by atoms with Gasteiger partial charge >= 0.3 is 0 Å². The van der Waals surface area contributed by atoms with E-state index in [1.807, 2.05) is 35.2 Å². The van der Waals surface area contributed by atoms with Crippen LogP contribution >= 0.6 is 11.6 Å². The van der Waals surface area contributed by atoms with Crippen molar-refractivity contribution in [3.05, 3.63) is 59.5 Å². The van der Waals surface area contributed by atoms with Gasteiger partial charge in [-0.25, -0.2) is 4.98 Å². The summed E-state index contributed by atoms with van der Waals surface area (Å²) in [7, 11) is 0. The molecule has 1 aromatic carbocycles. The number of halogens is 1. The fraction of sp³-hybridized carbons (Fsp3) is 0.364. The number of aliphatic hydroxyl groups excluding tert-OH is 1. The number of hydrogen-bond donors (Lipinski definition) is 3. The minimum atomic E-state index is -0.609. The zero-order chi connectivity index (χ0) is 22.3. The van der Waals surface area contributed by atoms with E-state index in [1.165, 1.54) is 6.20 Å². The summed E-state index contributed by atoms with van der Waals surface area (Å²) in [5, 5.41) is 19.8. The third kappa shape index (κ3) is 5.35. The highest BCUT2D eigenvalue weighted by molar-refractivity contribution is 6.32. The Morgan fingerprint density at radius 1 is 1.16 bits per heavy atom. The van der Waals surface area contributed by atoms with Crippen LogP contribution in [0.4, 0.5) is 17.5 Å². The van der Waals surface area contributed by atoms with Crippen molar-refractivity contribution in [2.75, 3.05) is 30.3 Å². The van der Waals surface area contributed by atoms with Crippen molar-refractivity contribution in [3.63, 3.8) is 0 Å². The predicted molar refractivity (Wildman–Crippen MR) is 123 cm³/mol. The maximum Gasteiger partial charge on any atom is 0.249 e. The highest BCUT2D eigenvalue weighted by atomic mass is 35.5. The summed E-state index contributed by atoms with van der Waals surface area (Å²) in [5.41, 5.74) is 1.52. The van der Waals surface area contributed by atoms with Gasteiger partial charge in [-0.2, -0.15) is 10.1 Å². The molecule has 0 aliphatic carbocycles. The largest absolute Gasteiger partial charge is 0.394 e. The van der Waals surface area contributed by atoms with Crippen molar-refractivity contribution < 1.29 is 9.90 Å². The third-order valence-electron chi connectivity index (χ3n) is 5.29. The van der Waals surface area contributed by atoms with Gasteiger partial charge in [-0.05, 0) is 24.8 Å². The van der Waals surface area contributed by atoms with Crippen molar-refractivity contribution in [1.82, 2.24) is 24.6 Å². The first kappa shape index (κ1) is 22.0. The van der Waals surface area contributed by atoms with E-state index in [9.17, 15) is 4.79 Å². The SMILES string of the molecule is O=C([C@@H](Nc1nc(Nc2cnn(CCO)c2)ncc1Cl)c1ccccc1)N1CCCCC1. The van der Waals surface area contributed by atoms with Gasteiger partial charge in [0.15, 0.2) is 5.82 Å². The summed E-state index contributed by atoms with van der Waals surface area (Å²) in [6, 6.07) is 8.97. The Kier molecular flexibility index (Phi) is 7.18. The predicted octanol–water partition coefficient (Wildman–Crippen LogP) is 3.23. The van der Waals surface area contributed by atoms with Crippen LogP contribution < -0.4 is 10.6 Å². The molecule has 0 unspecified atom stereocenters. The molecule has 3 heterocycles. The fourth-order valence-corrected chi connectivity index (χ4v) is 3.82. The second kappa shape index (κ2) is 10.4. The lowest BCUT2D eigenvalue weighted by molar-refractivity contribution is -0.133. The van der Waals surface area contributed by atoms with Crippen LogP contribution in [-0.2, 0) is 11.3 Å². The molecule has 0 spiro atoms. The Balaban J connectivity index is 1.57. The molecule has 9 nitrogen and oxygen atoms in total. The number of aromatic nitrogens is 4. The Morgan fingerprint density at radius 2 is 1.94 bits per heavy atom. The van der Waals surface area contributed by atoms with Crippen LogP contribution in [0.3, 0.4) is 0 Å². The van der Waals surface area contributed by atoms with Gasteiger partial charge in [0.1, 0.15) is 11.1 Å². The Hall–Kier alpha value is -3.17. The number of likely N-dealkylation sites (tertiary alicyclic amines) is 1. The van der Waals surface area contributed by atoms with Gasteiger partial charge in [0.2, 0.25) is 11.9 Å². The molecule has 10 heteroatoms. The number of nitrogens with one attached hydrogen (secondary N) is 2. The number of hydrogen-bond acceptors (Lipinski definition) is 7. The molecule has 0 saturated carbocycles. The summed E-state index contributed by atoms with van der Waals surface area (Å²) in [5.74, 6) is 0.689. The number of amides is 1. The molecule has 1 amide bonds. The smallest absolute Gasteiger partial charge is 0.249 e. The number of aliphatic hydroxyl groups is 1. The molecule has 168 valence electrons. The topological polar surface area (TPSA) is 108 Å². The van der Waals surface area contributed by atoms with Gasteiger partial charge in [0.25, 0.3) is 0 Å². The Bertz CT molecular complexity index is 1040. The zero-order valence-electron chi connectivity index (χ0n) is 17.6. The normalized spacial score (nSPS) is 14.8. The third-order valence-corrected chi connectivity index (χ3v) is 5.57. The second-order valence-corrected chi connectivity index (χ2v) is 8.01. The van der Waals surface area contributed by atoms with E-state index >= 15 is 0 Å². The van der Waals surface area contributed by atoms with Gasteiger partial charge in [-0.1, -0.05) is 41.9 Å². The first-order valence-corrected chi connectivity index (χ1v) is 11.0. The Morgan fingerprint density at radius 3 is 2.69 bits per heavy atom. The summed E-state index contributed by atoms with van der Waals surface area (Å²) in [6.45, 7) is 1.91. The average Bonchev–Trinajstić information content (AvgIpc) is 3.27. The van der Waals surface area contributed by atoms with Crippen molar-refractivity contribution >= 4 is 35.0 Å². The van der Waals surface area contributed by atoms with Gasteiger partial charge in [-0.3, -0.25) is 9.48 Å². The van der Waals surface area contributed by atoms with Crippen molar-refractivity contribution in [2.45, 2.75) is 31.8 Å². The number of benzene rings is 1. The molecule has 1 saturated heterocycles. The molecular formula is C22H26ClN7O2. The van der Waals surface area contributed by atoms with E-state index in [1.54, 1.807) is 17.1 Å². The van der Waals surface area contributed by atoms with Crippen LogP contribution in [-0.4, -0.2) is 55.4 Å². The van der Waals surface area contributed by atoms with Gasteiger partial charge in [0.05, 0.1) is 31.2 Å². The van der Waals surface area contributed by atoms with E-state index in [-0.39, 0.29) is 12.5 Å². The maximum absolute atomic E-state index is 13.4. The van der Waals surface area contributed by atoms with E-state index in [0.717, 1.165) is 37.9 Å². The van der Waals surface area contributed by atoms with E-state index in [2.05, 4.69) is 25.7 Å². The molecule has 1 aliphatic heterocycles. The molecule has 1 atom stereocenters. The van der Waals surface area contributed by atoms with E-state index < -0.39 is 6.04 Å². The maximum atomic E-state index is 13.4. The number of rotatable bonds is 8. The van der Waals surface area contributed by atoms with Gasteiger partial charge in [0, 0.05) is 19.3 Å². The van der Waals surface area contributed by atoms with Gasteiger partial charge in [-0.15, -0.1) is 0 Å². The van der Waals surface area contributed by atoms with Crippen molar-refractivity contribution in [2.24, 2.45) is 0 Å². The number of nitrogens with zero attached hydrogens (tertiary/aromatic N) is 5. The van der Waals surface area contributed by atoms with Crippen LogP contribution in [0.15, 0.2) is 48.9 Å². The van der Waals surface area contributed by atoms with Crippen molar-refractivity contribution in [1.29, 1.82) is 0 Å². The number of carbonyl (C=O) groups is 1. The average molecular weight is 456 g/mol. The van der Waals surface area contributed by atoms with Crippen LogP contribution in [0.25, 0.3) is 0 Å². The quantitative estimate of drug-likeness (QED) is 0.478. The molecule has 0 bridgehead atoms. The molecule has 0 radical (unpaired) electrons. The summed E-state index contributed by atoms with van der Waals surface area (Å²) in [6.07, 6.45) is 8.03. The van der Waals surface area contributed by atoms with Crippen molar-refractivity contribution in [3.8, 4) is 0 Å². The standard InChI is InChI=1S/C22H26ClN7O2/c23-18-14-24-22(26-17-13-25-30(15-17)11-12-31)28-20(18)27-19(16-7-3-1-4-8-16)21(32)29-9-5-2-6-10-29/h1,3-4,7-8,13-15,19,31H,2,5-6,9-12H2,(H2,24,26,27,28)/t19-/m0/s1. The molecule has 32 heavy (non-hydrogen) atoms. The molecule has 4 rings (SSSR count). The lowest BCUT2D eigenvalue weighted by Crippen LogP contribution is -2.41. The monoisotopic (exact) mass is 455 g/mol. The summed E-state index contributed by atoms with van der Waals surface area (Å²) < 4.78 is 1.61. The minimum absolute atomic E-state index is 0.00143. The first-order chi connectivity index (χ1) is 15.6. The molecule has 2 aromatic heterocycles. The van der Waals surface area contributed by atoms with Crippen LogP contribution in [0.2, 0.25) is 5.02 Å². The Labute approximate surface area is 191 Å². The first-order valence-electron chi connectivity index (χ1n) is 10.7. The fourth-order valence-electron chi connectivity index (χ4n) is 3.68. The molecule has 1 fully saturated rings. The molecule has 3 N–H and O–H groups in total. The van der Waals surface area contributed by atoms with Crippen LogP contribution in [0.1, 0.15) is 30.9 Å². The van der Waals surface area contributed by atoms with Crippen LogP contribution in [0.5, 0.6) is 0 Å². The molecular weight excluding hydrogens is 430 g/mol. The summed E-state index contributed by atoms with van der Waals surface area (Å²) >= 11 is 6.38. The zero-order valence-corrected chi connectivity index (χ0v) is 18.4. The summed E-state index contributed by atoms with van der Waals surface area (Å²) in [4.78, 5) is 24.0. The number of anilines is 3. The lowest BCUT2D eigenvalue weighted by atomic mass is 10.0. The van der Waals surface area contributed by atoms with E-state index in [4.69, 9.17) is 16.7 Å². The number of piperidine rings is 1.